The summed E-state index contributed by atoms with van der Waals surface area (Å²) in [5, 5.41) is 2.57. The minimum atomic E-state index is -4.74. The van der Waals surface area contributed by atoms with Gasteiger partial charge < -0.3 is 4.52 Å². The van der Waals surface area contributed by atoms with Crippen molar-refractivity contribution in [1.82, 2.24) is 10.1 Å². The van der Waals surface area contributed by atoms with E-state index < -0.39 is 27.2 Å². The van der Waals surface area contributed by atoms with Crippen molar-refractivity contribution in [1.29, 1.82) is 0 Å². The first-order valence-electron chi connectivity index (χ1n) is 5.87. The van der Waals surface area contributed by atoms with E-state index in [1.54, 1.807) is 0 Å². The smallest absolute Gasteiger partial charge is 0.329 e. The van der Waals surface area contributed by atoms with Crippen molar-refractivity contribution in [3.8, 4) is 11.4 Å². The topological polar surface area (TPSA) is 73.1 Å². The number of nitrogens with zero attached hydrogens (tertiary/aromatic N) is 2. The Bertz CT molecular complexity index is 751. The molecule has 0 aliphatic heterocycles. The molecule has 1 aromatic heterocycles. The summed E-state index contributed by atoms with van der Waals surface area (Å²) in [4.78, 5) is 3.22. The summed E-state index contributed by atoms with van der Waals surface area (Å²) in [5.41, 5.74) is 0.135. The fourth-order valence-electron chi connectivity index (χ4n) is 1.54. The number of benzene rings is 1. The fraction of sp³-hybridized carbons (Fsp3) is 0.333. The molecule has 0 aliphatic rings. The molecule has 0 spiro atoms. The average molecular weight is 320 g/mol. The normalized spacial score (nSPS) is 12.9. The Morgan fingerprint density at radius 1 is 1.24 bits per heavy atom. The van der Waals surface area contributed by atoms with E-state index in [0.29, 0.717) is 0 Å². The Kier molecular flexibility index (Phi) is 3.79. The van der Waals surface area contributed by atoms with Crippen LogP contribution in [-0.4, -0.2) is 23.8 Å². The van der Waals surface area contributed by atoms with Crippen LogP contribution in [0.1, 0.15) is 19.7 Å². The zero-order valence-corrected chi connectivity index (χ0v) is 11.9. The molecule has 0 amide bonds. The van der Waals surface area contributed by atoms with Crippen LogP contribution >= 0.6 is 0 Å². The second-order valence-corrected chi connectivity index (χ2v) is 7.05. The van der Waals surface area contributed by atoms with E-state index in [4.69, 9.17) is 0 Å². The first-order valence-corrected chi connectivity index (χ1v) is 7.42. The SMILES string of the molecule is CC(C)S(=O)(=O)c1cccc(-c2noc(C(F)(F)F)n2)c1. The molecule has 0 saturated heterocycles. The predicted octanol–water partition coefficient (Wildman–Crippen LogP) is 2.94. The Morgan fingerprint density at radius 3 is 2.43 bits per heavy atom. The van der Waals surface area contributed by atoms with Crippen molar-refractivity contribution >= 4 is 9.84 Å². The van der Waals surface area contributed by atoms with Crippen molar-refractivity contribution < 1.29 is 26.1 Å². The number of alkyl halides is 3. The number of hydrogen-bond donors (Lipinski definition) is 0. The van der Waals surface area contributed by atoms with Gasteiger partial charge in [0, 0.05) is 5.56 Å². The molecule has 114 valence electrons. The van der Waals surface area contributed by atoms with Crippen molar-refractivity contribution in [2.75, 3.05) is 0 Å². The molecule has 9 heteroatoms. The largest absolute Gasteiger partial charge is 0.471 e. The molecular formula is C12H11F3N2O3S. The molecule has 2 rings (SSSR count). The number of halogens is 3. The van der Waals surface area contributed by atoms with Gasteiger partial charge in [0.2, 0.25) is 5.82 Å². The zero-order valence-electron chi connectivity index (χ0n) is 11.0. The highest BCUT2D eigenvalue weighted by atomic mass is 32.2. The van der Waals surface area contributed by atoms with Crippen LogP contribution in [0, 0.1) is 0 Å². The second-order valence-electron chi connectivity index (χ2n) is 4.54. The molecule has 0 bridgehead atoms. The number of sulfone groups is 1. The molecule has 21 heavy (non-hydrogen) atoms. The average Bonchev–Trinajstić information content (AvgIpc) is 2.88. The number of rotatable bonds is 3. The standard InChI is InChI=1S/C12H11F3N2O3S/c1-7(2)21(18,19)9-5-3-4-8(6-9)10-16-11(20-17-10)12(13,14)15/h3-7H,1-2H3. The van der Waals surface area contributed by atoms with E-state index in [1.807, 2.05) is 0 Å². The molecule has 0 saturated carbocycles. The summed E-state index contributed by atoms with van der Waals surface area (Å²) in [6.07, 6.45) is -4.74. The van der Waals surface area contributed by atoms with Gasteiger partial charge in [0.15, 0.2) is 9.84 Å². The van der Waals surface area contributed by atoms with Gasteiger partial charge in [-0.3, -0.25) is 0 Å². The number of aromatic nitrogens is 2. The third-order valence-electron chi connectivity index (χ3n) is 2.71. The van der Waals surface area contributed by atoms with E-state index in [9.17, 15) is 21.6 Å². The Balaban J connectivity index is 2.45. The van der Waals surface area contributed by atoms with Gasteiger partial charge in [0.1, 0.15) is 0 Å². The molecule has 1 heterocycles. The minimum Gasteiger partial charge on any atom is -0.329 e. The molecule has 0 N–H and O–H groups in total. The molecule has 0 unspecified atom stereocenters. The van der Waals surface area contributed by atoms with Crippen LogP contribution in [0.5, 0.6) is 0 Å². The van der Waals surface area contributed by atoms with Gasteiger partial charge in [-0.05, 0) is 26.0 Å². The lowest BCUT2D eigenvalue weighted by atomic mass is 10.2. The maximum absolute atomic E-state index is 12.4. The molecule has 0 aliphatic carbocycles. The van der Waals surface area contributed by atoms with Crippen molar-refractivity contribution in [3.05, 3.63) is 30.2 Å². The molecular weight excluding hydrogens is 309 g/mol. The van der Waals surface area contributed by atoms with Crippen molar-refractivity contribution in [3.63, 3.8) is 0 Å². The van der Waals surface area contributed by atoms with Crippen molar-refractivity contribution in [2.45, 2.75) is 30.2 Å². The van der Waals surface area contributed by atoms with Gasteiger partial charge in [-0.2, -0.15) is 18.2 Å². The summed E-state index contributed by atoms with van der Waals surface area (Å²) in [5.74, 6) is -1.79. The quantitative estimate of drug-likeness (QED) is 0.869. The van der Waals surface area contributed by atoms with E-state index in [1.165, 1.54) is 38.1 Å². The predicted molar refractivity (Wildman–Crippen MR) is 67.1 cm³/mol. The van der Waals surface area contributed by atoms with Crippen molar-refractivity contribution in [2.24, 2.45) is 0 Å². The van der Waals surface area contributed by atoms with Crippen LogP contribution in [-0.2, 0) is 16.0 Å². The van der Waals surface area contributed by atoms with E-state index in [0.717, 1.165) is 0 Å². The van der Waals surface area contributed by atoms with Gasteiger partial charge in [0.05, 0.1) is 10.1 Å². The lowest BCUT2D eigenvalue weighted by molar-refractivity contribution is -0.159. The molecule has 5 nitrogen and oxygen atoms in total. The molecule has 0 atom stereocenters. The molecule has 0 radical (unpaired) electrons. The van der Waals surface area contributed by atoms with Gasteiger partial charge in [-0.25, -0.2) is 8.42 Å². The fourth-order valence-corrected chi connectivity index (χ4v) is 2.64. The first kappa shape index (κ1) is 15.5. The Hall–Kier alpha value is -1.90. The third kappa shape index (κ3) is 3.07. The lowest BCUT2D eigenvalue weighted by Gasteiger charge is -2.08. The first-order chi connectivity index (χ1) is 9.62. The highest BCUT2D eigenvalue weighted by Gasteiger charge is 2.38. The minimum absolute atomic E-state index is 0.00615. The van der Waals surface area contributed by atoms with Gasteiger partial charge >= 0.3 is 12.1 Å². The maximum Gasteiger partial charge on any atom is 0.471 e. The van der Waals surface area contributed by atoms with Crippen LogP contribution in [0.25, 0.3) is 11.4 Å². The van der Waals surface area contributed by atoms with E-state index in [2.05, 4.69) is 14.7 Å². The lowest BCUT2D eigenvalue weighted by Crippen LogP contribution is -2.13. The van der Waals surface area contributed by atoms with E-state index >= 15 is 0 Å². The summed E-state index contributed by atoms with van der Waals surface area (Å²) >= 11 is 0. The van der Waals surface area contributed by atoms with Gasteiger partial charge in [-0.15, -0.1) is 0 Å². The molecule has 2 aromatic rings. The van der Waals surface area contributed by atoms with E-state index in [-0.39, 0.29) is 16.3 Å². The highest BCUT2D eigenvalue weighted by Crippen LogP contribution is 2.30. The summed E-state index contributed by atoms with van der Waals surface area (Å²) in [6.45, 7) is 3.02. The van der Waals surface area contributed by atoms with Crippen LogP contribution in [0.15, 0.2) is 33.7 Å². The van der Waals surface area contributed by atoms with Crippen LogP contribution in [0.2, 0.25) is 0 Å². The van der Waals surface area contributed by atoms with Crippen LogP contribution in [0.3, 0.4) is 0 Å². The second kappa shape index (κ2) is 5.14. The van der Waals surface area contributed by atoms with Crippen LogP contribution < -0.4 is 0 Å². The Morgan fingerprint density at radius 2 is 1.90 bits per heavy atom. The summed E-state index contributed by atoms with van der Waals surface area (Å²) in [6, 6.07) is 5.41. The van der Waals surface area contributed by atoms with Crippen LogP contribution in [0.4, 0.5) is 13.2 Å². The Labute approximate surface area is 118 Å². The summed E-state index contributed by atoms with van der Waals surface area (Å²) < 4.78 is 65.4. The van der Waals surface area contributed by atoms with Gasteiger partial charge in [0.25, 0.3) is 0 Å². The molecule has 0 fully saturated rings. The third-order valence-corrected chi connectivity index (χ3v) is 4.86. The zero-order chi connectivity index (χ0) is 15.8. The maximum atomic E-state index is 12.4. The monoisotopic (exact) mass is 320 g/mol. The van der Waals surface area contributed by atoms with Gasteiger partial charge in [-0.1, -0.05) is 17.3 Å². The molecule has 1 aromatic carbocycles. The highest BCUT2D eigenvalue weighted by molar-refractivity contribution is 7.92. The summed E-state index contributed by atoms with van der Waals surface area (Å²) in [7, 11) is -3.54. The number of hydrogen-bond acceptors (Lipinski definition) is 5.